The van der Waals surface area contributed by atoms with E-state index in [4.69, 9.17) is 17.2 Å². The summed E-state index contributed by atoms with van der Waals surface area (Å²) < 4.78 is 0. The molecular weight excluding hydrogens is 624 g/mol. The van der Waals surface area contributed by atoms with E-state index in [-0.39, 0.29) is 37.7 Å². The summed E-state index contributed by atoms with van der Waals surface area (Å²) in [6.45, 7) is 9.40. The minimum Gasteiger partial charge on any atom is -0.370 e. The molecule has 0 radical (unpaired) electrons. The van der Waals surface area contributed by atoms with E-state index in [9.17, 15) is 33.6 Å². The summed E-state index contributed by atoms with van der Waals surface area (Å²) in [7, 11) is 0. The Morgan fingerprint density at radius 3 is 2.02 bits per heavy atom. The molecule has 0 spiro atoms. The lowest BCUT2D eigenvalue weighted by atomic mass is 9.96. The molecule has 1 aliphatic heterocycles. The predicted molar refractivity (Wildman–Crippen MR) is 180 cm³/mol. The lowest BCUT2D eigenvalue weighted by Crippen LogP contribution is -2.60. The van der Waals surface area contributed by atoms with Gasteiger partial charge in [0, 0.05) is 33.0 Å². The first-order valence-corrected chi connectivity index (χ1v) is 16.8. The van der Waals surface area contributed by atoms with Gasteiger partial charge < -0.3 is 48.7 Å². The van der Waals surface area contributed by atoms with Crippen LogP contribution in [0.1, 0.15) is 92.4 Å². The van der Waals surface area contributed by atoms with Crippen LogP contribution in [-0.2, 0) is 33.6 Å². The van der Waals surface area contributed by atoms with Gasteiger partial charge in [-0.1, -0.05) is 33.6 Å². The summed E-state index contributed by atoms with van der Waals surface area (Å²) >= 11 is 0. The van der Waals surface area contributed by atoms with E-state index in [0.29, 0.717) is 51.6 Å². The van der Waals surface area contributed by atoms with Crippen molar-refractivity contribution < 1.29 is 33.6 Å². The number of nitrogens with two attached hydrogens (primary N) is 3. The number of carbonyl (C=O) groups excluding carboxylic acids is 7. The number of aliphatic imine (C=N–C) groups is 1. The highest BCUT2D eigenvalue weighted by Gasteiger charge is 2.39. The number of guanidine groups is 1. The summed E-state index contributed by atoms with van der Waals surface area (Å²) in [5, 5.41) is 13.4. The molecule has 1 rings (SSSR count). The van der Waals surface area contributed by atoms with Crippen LogP contribution in [0.15, 0.2) is 4.99 Å². The van der Waals surface area contributed by atoms with Gasteiger partial charge in [0.15, 0.2) is 5.96 Å². The van der Waals surface area contributed by atoms with E-state index in [2.05, 4.69) is 31.6 Å². The molecule has 7 amide bonds. The Labute approximate surface area is 282 Å². The maximum absolute atomic E-state index is 13.8. The third-order valence-electron chi connectivity index (χ3n) is 8.13. The smallest absolute Gasteiger partial charge is 0.245 e. The molecule has 11 N–H and O–H groups in total. The molecule has 1 saturated heterocycles. The molecule has 1 aliphatic rings. The third kappa shape index (κ3) is 14.1. The van der Waals surface area contributed by atoms with Crippen LogP contribution in [0.2, 0.25) is 0 Å². The van der Waals surface area contributed by atoms with Crippen molar-refractivity contribution in [3.63, 3.8) is 0 Å². The van der Waals surface area contributed by atoms with Gasteiger partial charge in [0.1, 0.15) is 30.2 Å². The van der Waals surface area contributed by atoms with Crippen LogP contribution >= 0.6 is 0 Å². The zero-order valence-electron chi connectivity index (χ0n) is 28.9. The first kappa shape index (κ1) is 41.6. The van der Waals surface area contributed by atoms with Crippen LogP contribution in [0.3, 0.4) is 0 Å². The number of carbonyl (C=O) groups is 7. The van der Waals surface area contributed by atoms with Crippen molar-refractivity contribution in [1.29, 1.82) is 0 Å². The Kier molecular flexibility index (Phi) is 18.6. The van der Waals surface area contributed by atoms with Gasteiger partial charge in [-0.05, 0) is 51.4 Å². The number of primary amides is 1. The monoisotopic (exact) mass is 680 g/mol. The summed E-state index contributed by atoms with van der Waals surface area (Å²) in [6, 6.07) is -5.03. The lowest BCUT2D eigenvalue weighted by Gasteiger charge is -2.31. The molecule has 0 saturated carbocycles. The van der Waals surface area contributed by atoms with Crippen molar-refractivity contribution in [2.45, 2.75) is 123 Å². The molecule has 0 unspecified atom stereocenters. The molecule has 6 atom stereocenters. The predicted octanol–water partition coefficient (Wildman–Crippen LogP) is -1.76. The van der Waals surface area contributed by atoms with Gasteiger partial charge in [-0.2, -0.15) is 0 Å². The third-order valence-corrected chi connectivity index (χ3v) is 8.13. The second-order valence-corrected chi connectivity index (χ2v) is 12.1. The van der Waals surface area contributed by atoms with Crippen molar-refractivity contribution in [2.75, 3.05) is 19.6 Å². The number of amides is 7. The molecule has 0 aromatic carbocycles. The molecule has 17 nitrogen and oxygen atoms in total. The maximum atomic E-state index is 13.8. The fraction of sp³-hybridized carbons (Fsp3) is 0.742. The van der Waals surface area contributed by atoms with Crippen molar-refractivity contribution in [1.82, 2.24) is 31.5 Å². The molecular formula is C31H56N10O7. The van der Waals surface area contributed by atoms with Crippen LogP contribution < -0.4 is 43.8 Å². The van der Waals surface area contributed by atoms with Gasteiger partial charge in [-0.25, -0.2) is 0 Å². The Bertz CT molecular complexity index is 1160. The van der Waals surface area contributed by atoms with Gasteiger partial charge in [-0.15, -0.1) is 0 Å². The van der Waals surface area contributed by atoms with Crippen molar-refractivity contribution in [3.8, 4) is 0 Å². The molecule has 0 bridgehead atoms. The fourth-order valence-electron chi connectivity index (χ4n) is 5.40. The maximum Gasteiger partial charge on any atom is 0.245 e. The van der Waals surface area contributed by atoms with Crippen molar-refractivity contribution in [2.24, 2.45) is 28.1 Å². The van der Waals surface area contributed by atoms with Gasteiger partial charge in [-0.3, -0.25) is 38.6 Å². The first-order chi connectivity index (χ1) is 22.7. The van der Waals surface area contributed by atoms with Gasteiger partial charge in [0.2, 0.25) is 41.4 Å². The molecule has 0 aromatic heterocycles. The Morgan fingerprint density at radius 2 is 1.46 bits per heavy atom. The zero-order valence-corrected chi connectivity index (χ0v) is 28.9. The zero-order chi connectivity index (χ0) is 36.4. The minimum atomic E-state index is -1.25. The topological polar surface area (TPSA) is 273 Å². The van der Waals surface area contributed by atoms with E-state index < -0.39 is 71.6 Å². The highest BCUT2D eigenvalue weighted by molar-refractivity contribution is 5.96. The number of nitrogens with zero attached hydrogens (tertiary/aromatic N) is 2. The van der Waals surface area contributed by atoms with Gasteiger partial charge in [0.05, 0.1) is 0 Å². The first-order valence-electron chi connectivity index (χ1n) is 16.8. The summed E-state index contributed by atoms with van der Waals surface area (Å²) in [6.07, 6.45) is 2.55. The number of nitrogens with one attached hydrogen (secondary N) is 5. The van der Waals surface area contributed by atoms with Gasteiger partial charge in [0.25, 0.3) is 0 Å². The average molecular weight is 681 g/mol. The van der Waals surface area contributed by atoms with Crippen LogP contribution in [-0.4, -0.2) is 102 Å². The lowest BCUT2D eigenvalue weighted by molar-refractivity contribution is -0.142. The quantitative estimate of drug-likeness (QED) is 0.0387. The number of rotatable bonds is 21. The van der Waals surface area contributed by atoms with Crippen LogP contribution in [0, 0.1) is 5.92 Å². The molecule has 0 aliphatic carbocycles. The largest absolute Gasteiger partial charge is 0.370 e. The molecule has 272 valence electrons. The standard InChI is InChI=1S/C31H56N10O7/c1-6-11-20(37-19(5)42)26(44)38-21(14-15-24(32)43)27(45)40-25(18(4)7-2)29(47)39-22(12-9-16-36-31(33)34)30(48)41-17-10-13-23(41)28(46)35-8-3/h18,20-23,25H,6-17H2,1-5H3,(H2,32,43)(H,35,46)(H,37,42)(H,38,44)(H,39,47)(H,40,45)(H4,33,34,36)/t18-,20+,21-,22-,23-,25-/m0/s1. The fourth-order valence-corrected chi connectivity index (χ4v) is 5.40. The van der Waals surface area contributed by atoms with E-state index in [1.165, 1.54) is 11.8 Å². The number of hydrogen-bond donors (Lipinski definition) is 8. The van der Waals surface area contributed by atoms with E-state index in [1.807, 2.05) is 13.8 Å². The van der Waals surface area contributed by atoms with Gasteiger partial charge >= 0.3 is 0 Å². The summed E-state index contributed by atoms with van der Waals surface area (Å²) in [4.78, 5) is 95.7. The minimum absolute atomic E-state index is 0.117. The van der Waals surface area contributed by atoms with E-state index in [0.717, 1.165) is 0 Å². The summed E-state index contributed by atoms with van der Waals surface area (Å²) in [5.41, 5.74) is 16.2. The Balaban J connectivity index is 3.29. The van der Waals surface area contributed by atoms with E-state index >= 15 is 0 Å². The van der Waals surface area contributed by atoms with E-state index in [1.54, 1.807) is 13.8 Å². The SMILES string of the molecule is CCC[C@@H](NC(C)=O)C(=O)N[C@@H](CCC(N)=O)C(=O)N[C@H](C(=O)N[C@@H](CCCN=C(N)N)C(=O)N1CCC[C@H]1C(=O)NCC)[C@@H](C)CC. The Morgan fingerprint density at radius 1 is 0.833 bits per heavy atom. The number of likely N-dealkylation sites (tertiary alicyclic amines) is 1. The molecule has 1 fully saturated rings. The molecule has 0 aromatic rings. The van der Waals surface area contributed by atoms with Crippen LogP contribution in [0.4, 0.5) is 0 Å². The number of likely N-dealkylation sites (N-methyl/N-ethyl adjacent to an activating group) is 1. The molecule has 48 heavy (non-hydrogen) atoms. The molecule has 1 heterocycles. The second-order valence-electron chi connectivity index (χ2n) is 12.1. The Hall–Kier alpha value is -4.44. The average Bonchev–Trinajstić information content (AvgIpc) is 3.52. The highest BCUT2D eigenvalue weighted by atomic mass is 16.2. The highest BCUT2D eigenvalue weighted by Crippen LogP contribution is 2.20. The molecule has 17 heteroatoms. The summed E-state index contributed by atoms with van der Waals surface area (Å²) in [5.74, 6) is -4.38. The normalized spacial score (nSPS) is 17.1. The van der Waals surface area contributed by atoms with Crippen LogP contribution in [0.25, 0.3) is 0 Å². The van der Waals surface area contributed by atoms with Crippen LogP contribution in [0.5, 0.6) is 0 Å². The van der Waals surface area contributed by atoms with Crippen molar-refractivity contribution in [3.05, 3.63) is 0 Å². The number of hydrogen-bond acceptors (Lipinski definition) is 8. The second kappa shape index (κ2) is 21.4. The van der Waals surface area contributed by atoms with Crippen molar-refractivity contribution >= 4 is 47.3 Å².